The van der Waals surface area contributed by atoms with Gasteiger partial charge in [-0.25, -0.2) is 4.68 Å². The van der Waals surface area contributed by atoms with Crippen LogP contribution >= 0.6 is 11.6 Å². The summed E-state index contributed by atoms with van der Waals surface area (Å²) >= 11 is 6.05. The van der Waals surface area contributed by atoms with Crippen LogP contribution < -0.4 is 5.32 Å². The van der Waals surface area contributed by atoms with Crippen molar-refractivity contribution in [3.8, 4) is 16.9 Å². The molecule has 0 aliphatic rings. The third-order valence-corrected chi connectivity index (χ3v) is 5.33. The van der Waals surface area contributed by atoms with Crippen molar-refractivity contribution in [3.05, 3.63) is 101 Å². The van der Waals surface area contributed by atoms with Gasteiger partial charge in [-0.05, 0) is 42.5 Å². The van der Waals surface area contributed by atoms with E-state index < -0.39 is 0 Å². The maximum absolute atomic E-state index is 12.9. The van der Waals surface area contributed by atoms with Gasteiger partial charge in [0.25, 0.3) is 5.91 Å². The van der Waals surface area contributed by atoms with Gasteiger partial charge in [-0.1, -0.05) is 48.0 Å². The highest BCUT2D eigenvalue weighted by atomic mass is 35.5. The molecule has 0 aliphatic carbocycles. The maximum Gasteiger partial charge on any atom is 0.253 e. The number of carbonyl (C=O) groups is 2. The van der Waals surface area contributed by atoms with Crippen molar-refractivity contribution in [1.82, 2.24) is 14.7 Å². The van der Waals surface area contributed by atoms with Gasteiger partial charge in [0.1, 0.15) is 0 Å². The number of aromatic nitrogens is 2. The minimum atomic E-state index is -0.202. The second kappa shape index (κ2) is 9.71. The minimum absolute atomic E-state index is 0.122. The average molecular weight is 459 g/mol. The first-order valence-corrected chi connectivity index (χ1v) is 10.8. The molecule has 0 saturated carbocycles. The van der Waals surface area contributed by atoms with Crippen LogP contribution in [0.15, 0.2) is 85.1 Å². The Labute approximate surface area is 197 Å². The molecule has 0 spiro atoms. The quantitative estimate of drug-likeness (QED) is 0.438. The average Bonchev–Trinajstić information content (AvgIpc) is 3.23. The molecular weight excluding hydrogens is 436 g/mol. The van der Waals surface area contributed by atoms with Crippen LogP contribution in [0.3, 0.4) is 0 Å². The molecule has 1 aromatic heterocycles. The van der Waals surface area contributed by atoms with Gasteiger partial charge in [-0.2, -0.15) is 5.10 Å². The fraction of sp³-hybridized carbons (Fsp3) is 0.115. The van der Waals surface area contributed by atoms with Crippen LogP contribution in [0, 0.1) is 0 Å². The second-order valence-corrected chi connectivity index (χ2v) is 8.23. The number of amides is 2. The lowest BCUT2D eigenvalue weighted by atomic mass is 10.1. The van der Waals surface area contributed by atoms with Crippen molar-refractivity contribution in [2.45, 2.75) is 6.42 Å². The summed E-state index contributed by atoms with van der Waals surface area (Å²) in [5, 5.41) is 8.27. The summed E-state index contributed by atoms with van der Waals surface area (Å²) in [6.07, 6.45) is 1.99. The molecule has 33 heavy (non-hydrogen) atoms. The molecule has 4 aromatic rings. The van der Waals surface area contributed by atoms with E-state index in [1.165, 1.54) is 4.90 Å². The molecule has 0 fully saturated rings. The van der Waals surface area contributed by atoms with Gasteiger partial charge in [-0.3, -0.25) is 9.59 Å². The van der Waals surface area contributed by atoms with Crippen LogP contribution in [0.5, 0.6) is 0 Å². The van der Waals surface area contributed by atoms with Crippen molar-refractivity contribution in [2.75, 3.05) is 19.4 Å². The number of rotatable bonds is 6. The number of benzene rings is 3. The third-order valence-electron chi connectivity index (χ3n) is 5.08. The maximum atomic E-state index is 12.9. The second-order valence-electron chi connectivity index (χ2n) is 7.80. The molecule has 2 amide bonds. The monoisotopic (exact) mass is 458 g/mol. The molecule has 0 radical (unpaired) electrons. The summed E-state index contributed by atoms with van der Waals surface area (Å²) in [5.41, 5.74) is 4.33. The summed E-state index contributed by atoms with van der Waals surface area (Å²) in [7, 11) is 3.38. The van der Waals surface area contributed by atoms with Gasteiger partial charge < -0.3 is 10.2 Å². The minimum Gasteiger partial charge on any atom is -0.345 e. The van der Waals surface area contributed by atoms with Gasteiger partial charge in [0.2, 0.25) is 5.91 Å². The Morgan fingerprint density at radius 2 is 1.70 bits per heavy atom. The summed E-state index contributed by atoms with van der Waals surface area (Å²) in [4.78, 5) is 26.6. The van der Waals surface area contributed by atoms with Gasteiger partial charge in [-0.15, -0.1) is 0 Å². The predicted octanol–water partition coefficient (Wildman–Crippen LogP) is 5.08. The molecule has 1 heterocycles. The molecule has 166 valence electrons. The molecule has 6 nitrogen and oxygen atoms in total. The number of nitrogens with one attached hydrogen (secondary N) is 1. The summed E-state index contributed by atoms with van der Waals surface area (Å²) in [6, 6.07) is 24.0. The number of anilines is 1. The Bertz CT molecular complexity index is 1280. The fourth-order valence-corrected chi connectivity index (χ4v) is 3.60. The molecule has 0 aliphatic heterocycles. The highest BCUT2D eigenvalue weighted by Crippen LogP contribution is 2.26. The zero-order chi connectivity index (χ0) is 23.4. The van der Waals surface area contributed by atoms with E-state index >= 15 is 0 Å². The van der Waals surface area contributed by atoms with E-state index in [-0.39, 0.29) is 18.2 Å². The first kappa shape index (κ1) is 22.3. The lowest BCUT2D eigenvalue weighted by Crippen LogP contribution is -2.22. The van der Waals surface area contributed by atoms with E-state index in [4.69, 9.17) is 16.7 Å². The first-order chi connectivity index (χ1) is 15.9. The number of hydrogen-bond acceptors (Lipinski definition) is 3. The normalized spacial score (nSPS) is 10.6. The van der Waals surface area contributed by atoms with Crippen molar-refractivity contribution in [2.24, 2.45) is 0 Å². The number of nitrogens with zero attached hydrogens (tertiary/aromatic N) is 3. The number of hydrogen-bond donors (Lipinski definition) is 1. The molecule has 0 bridgehead atoms. The van der Waals surface area contributed by atoms with Crippen molar-refractivity contribution in [3.63, 3.8) is 0 Å². The Morgan fingerprint density at radius 3 is 2.39 bits per heavy atom. The molecule has 3 aromatic carbocycles. The molecule has 1 N–H and O–H groups in total. The molecule has 4 rings (SSSR count). The standard InChI is InChI=1S/C26H23ClN4O2/c1-30(2)26(33)19-7-6-8-22(15-19)28-24(32)16-20-17-31(23-9-4-3-5-10-23)29-25(20)18-11-13-21(27)14-12-18/h3-15,17H,16H2,1-2H3,(H,28,32). The lowest BCUT2D eigenvalue weighted by molar-refractivity contribution is -0.115. The highest BCUT2D eigenvalue weighted by Gasteiger charge is 2.16. The Kier molecular flexibility index (Phi) is 6.56. The topological polar surface area (TPSA) is 67.2 Å². The summed E-state index contributed by atoms with van der Waals surface area (Å²) in [6.45, 7) is 0. The number of halogens is 1. The Balaban J connectivity index is 1.61. The van der Waals surface area contributed by atoms with Crippen molar-refractivity contribution >= 4 is 29.1 Å². The zero-order valence-electron chi connectivity index (χ0n) is 18.3. The smallest absolute Gasteiger partial charge is 0.253 e. The van der Waals surface area contributed by atoms with Gasteiger partial charge in [0.05, 0.1) is 17.8 Å². The van der Waals surface area contributed by atoms with Crippen LogP contribution in [-0.2, 0) is 11.2 Å². The number of carbonyl (C=O) groups excluding carboxylic acids is 2. The van der Waals surface area contributed by atoms with E-state index in [2.05, 4.69) is 5.32 Å². The molecule has 7 heteroatoms. The van der Waals surface area contributed by atoms with E-state index in [9.17, 15) is 9.59 Å². The van der Waals surface area contributed by atoms with Crippen LogP contribution in [-0.4, -0.2) is 40.6 Å². The highest BCUT2D eigenvalue weighted by molar-refractivity contribution is 6.30. The Morgan fingerprint density at radius 1 is 0.970 bits per heavy atom. The van der Waals surface area contributed by atoms with E-state index in [1.54, 1.807) is 55.2 Å². The van der Waals surface area contributed by atoms with Crippen LogP contribution in [0.2, 0.25) is 5.02 Å². The van der Waals surface area contributed by atoms with E-state index in [0.717, 1.165) is 16.8 Å². The lowest BCUT2D eigenvalue weighted by Gasteiger charge is -2.11. The van der Waals surface area contributed by atoms with Crippen LogP contribution in [0.4, 0.5) is 5.69 Å². The summed E-state index contributed by atoms with van der Waals surface area (Å²) in [5.74, 6) is -0.326. The SMILES string of the molecule is CN(C)C(=O)c1cccc(NC(=O)Cc2cn(-c3ccccc3)nc2-c2ccc(Cl)cc2)c1. The van der Waals surface area contributed by atoms with Gasteiger partial charge in [0, 0.05) is 47.7 Å². The van der Waals surface area contributed by atoms with E-state index in [1.807, 2.05) is 48.7 Å². The van der Waals surface area contributed by atoms with Gasteiger partial charge in [0.15, 0.2) is 0 Å². The fourth-order valence-electron chi connectivity index (χ4n) is 3.47. The van der Waals surface area contributed by atoms with Crippen molar-refractivity contribution in [1.29, 1.82) is 0 Å². The van der Waals surface area contributed by atoms with Gasteiger partial charge >= 0.3 is 0 Å². The van der Waals surface area contributed by atoms with E-state index in [0.29, 0.717) is 22.0 Å². The predicted molar refractivity (Wildman–Crippen MR) is 131 cm³/mol. The molecule has 0 unspecified atom stereocenters. The summed E-state index contributed by atoms with van der Waals surface area (Å²) < 4.78 is 1.77. The van der Waals surface area contributed by atoms with Crippen LogP contribution in [0.1, 0.15) is 15.9 Å². The van der Waals surface area contributed by atoms with Crippen molar-refractivity contribution < 1.29 is 9.59 Å². The zero-order valence-corrected chi connectivity index (χ0v) is 19.1. The molecular formula is C26H23ClN4O2. The largest absolute Gasteiger partial charge is 0.345 e. The first-order valence-electron chi connectivity index (χ1n) is 10.4. The third kappa shape index (κ3) is 5.30. The number of para-hydroxylation sites is 1. The molecule has 0 atom stereocenters. The Hall–Kier alpha value is -3.90. The van der Waals surface area contributed by atoms with Crippen LogP contribution in [0.25, 0.3) is 16.9 Å². The molecule has 0 saturated heterocycles.